The Morgan fingerprint density at radius 2 is 1.19 bits per heavy atom. The van der Waals surface area contributed by atoms with Gasteiger partial charge < -0.3 is 0 Å². The van der Waals surface area contributed by atoms with Crippen LogP contribution < -0.4 is 0 Å². The Bertz CT molecular complexity index is 1020. The lowest BCUT2D eigenvalue weighted by Crippen LogP contribution is -2.40. The third kappa shape index (κ3) is 2.23. The van der Waals surface area contributed by atoms with Crippen LogP contribution in [0.25, 0.3) is 11.1 Å². The Labute approximate surface area is 163 Å². The van der Waals surface area contributed by atoms with Crippen molar-refractivity contribution < 1.29 is 0 Å². The second kappa shape index (κ2) is 6.31. The molecule has 0 aromatic carbocycles. The first-order chi connectivity index (χ1) is 12.6. The molecule has 4 nitrogen and oxygen atoms in total. The number of hydrogen-bond donors (Lipinski definition) is 0. The second-order valence-corrected chi connectivity index (χ2v) is 9.70. The Morgan fingerprint density at radius 3 is 1.50 bits per heavy atom. The minimum Gasteiger partial charge on any atom is -0.192 e. The molecule has 0 N–H and O–H groups in total. The summed E-state index contributed by atoms with van der Waals surface area (Å²) in [6, 6.07) is 8.25. The summed E-state index contributed by atoms with van der Waals surface area (Å²) in [5.74, 6) is 0.318. The number of nitrogens with zero attached hydrogens (tertiary/aromatic N) is 4. The number of hydrogen-bond acceptors (Lipinski definition) is 7. The van der Waals surface area contributed by atoms with Gasteiger partial charge in [0.25, 0.3) is 0 Å². The molecule has 1 aromatic heterocycles. The van der Waals surface area contributed by atoms with Crippen LogP contribution in [0, 0.1) is 72.1 Å². The van der Waals surface area contributed by atoms with Crippen molar-refractivity contribution in [3.8, 4) is 24.3 Å². The molecule has 2 bridgehead atoms. The molecule has 4 aliphatic rings. The first-order valence-electron chi connectivity index (χ1n) is 8.06. The SMILES string of the molecule is N#CC(C#N)=C1c2sc(=S)sc2C(=C(C#N)C#N)C2C3C=CC(CC3)C12. The van der Waals surface area contributed by atoms with E-state index in [1.54, 1.807) is 0 Å². The molecule has 124 valence electrons. The van der Waals surface area contributed by atoms with Crippen molar-refractivity contribution in [2.24, 2.45) is 23.7 Å². The van der Waals surface area contributed by atoms with E-state index in [-0.39, 0.29) is 34.8 Å². The molecule has 4 unspecified atom stereocenters. The van der Waals surface area contributed by atoms with Crippen molar-refractivity contribution in [3.05, 3.63) is 36.2 Å². The Morgan fingerprint density at radius 1 is 0.808 bits per heavy atom. The predicted octanol–water partition coefficient (Wildman–Crippen LogP) is 4.98. The minimum absolute atomic E-state index is 0.0486. The largest absolute Gasteiger partial charge is 0.192 e. The number of fused-ring (bicyclic) bond motifs is 2. The quantitative estimate of drug-likeness (QED) is 0.353. The highest BCUT2D eigenvalue weighted by Crippen LogP contribution is 2.61. The van der Waals surface area contributed by atoms with Gasteiger partial charge in [0.15, 0.2) is 0 Å². The van der Waals surface area contributed by atoms with E-state index in [0.29, 0.717) is 3.14 Å². The maximum Gasteiger partial charge on any atom is 0.144 e. The van der Waals surface area contributed by atoms with Crippen LogP contribution in [-0.4, -0.2) is 0 Å². The summed E-state index contributed by atoms with van der Waals surface area (Å²) in [5, 5.41) is 38.2. The van der Waals surface area contributed by atoms with Gasteiger partial charge in [0.2, 0.25) is 0 Å². The van der Waals surface area contributed by atoms with Crippen molar-refractivity contribution in [1.29, 1.82) is 21.0 Å². The van der Waals surface area contributed by atoms with Gasteiger partial charge in [0, 0.05) is 23.0 Å². The summed E-state index contributed by atoms with van der Waals surface area (Å²) >= 11 is 8.15. The molecule has 0 radical (unpaired) electrons. The van der Waals surface area contributed by atoms with E-state index in [4.69, 9.17) is 12.2 Å². The normalized spacial score (nSPS) is 27.4. The first kappa shape index (κ1) is 16.9. The summed E-state index contributed by atoms with van der Waals surface area (Å²) in [6.45, 7) is 0. The highest BCUT2D eigenvalue weighted by atomic mass is 32.2. The molecule has 26 heavy (non-hydrogen) atoms. The third-order valence-corrected chi connectivity index (χ3v) is 8.19. The Kier molecular flexibility index (Phi) is 4.10. The van der Waals surface area contributed by atoms with Crippen LogP contribution in [0.1, 0.15) is 22.6 Å². The molecule has 1 fully saturated rings. The molecule has 5 rings (SSSR count). The molecule has 0 saturated heterocycles. The van der Waals surface area contributed by atoms with Crippen molar-refractivity contribution in [3.63, 3.8) is 0 Å². The fraction of sp³-hybridized carbons (Fsp3) is 0.316. The summed E-state index contributed by atoms with van der Waals surface area (Å²) < 4.78 is 0.675. The molecule has 4 atom stereocenters. The minimum atomic E-state index is -0.0486. The third-order valence-electron chi connectivity index (χ3n) is 5.47. The topological polar surface area (TPSA) is 95.2 Å². The van der Waals surface area contributed by atoms with Crippen LogP contribution >= 0.6 is 34.9 Å². The fourth-order valence-corrected chi connectivity index (χ4v) is 7.42. The van der Waals surface area contributed by atoms with Gasteiger partial charge in [-0.25, -0.2) is 0 Å². The van der Waals surface area contributed by atoms with Crippen LogP contribution in [0.15, 0.2) is 23.3 Å². The van der Waals surface area contributed by atoms with E-state index in [2.05, 4.69) is 36.4 Å². The zero-order valence-corrected chi connectivity index (χ0v) is 15.8. The molecule has 0 spiro atoms. The van der Waals surface area contributed by atoms with Crippen LogP contribution in [0.3, 0.4) is 0 Å². The van der Waals surface area contributed by atoms with Crippen LogP contribution in [0.4, 0.5) is 0 Å². The van der Waals surface area contributed by atoms with Gasteiger partial charge >= 0.3 is 0 Å². The predicted molar refractivity (Wildman–Crippen MR) is 102 cm³/mol. The molecule has 0 amide bonds. The lowest BCUT2D eigenvalue weighted by atomic mass is 9.54. The van der Waals surface area contributed by atoms with E-state index < -0.39 is 0 Å². The first-order valence-corrected chi connectivity index (χ1v) is 10.1. The molecule has 1 heterocycles. The monoisotopic (exact) mass is 390 g/mol. The Hall–Kier alpha value is -2.55. The number of nitriles is 4. The van der Waals surface area contributed by atoms with Gasteiger partial charge in [-0.2, -0.15) is 21.0 Å². The molecular weight excluding hydrogens is 380 g/mol. The number of allylic oxidation sites excluding steroid dienone is 6. The van der Waals surface area contributed by atoms with Crippen LogP contribution in [0.5, 0.6) is 0 Å². The van der Waals surface area contributed by atoms with E-state index in [9.17, 15) is 21.0 Å². The highest BCUT2D eigenvalue weighted by molar-refractivity contribution is 7.76. The van der Waals surface area contributed by atoms with Crippen molar-refractivity contribution in [1.82, 2.24) is 0 Å². The summed E-state index contributed by atoms with van der Waals surface area (Å²) in [6.07, 6.45) is 6.33. The summed E-state index contributed by atoms with van der Waals surface area (Å²) in [7, 11) is 0. The van der Waals surface area contributed by atoms with Crippen LogP contribution in [0.2, 0.25) is 0 Å². The molecular formula is C19H10N4S3. The zero-order valence-electron chi connectivity index (χ0n) is 13.4. The average Bonchev–Trinajstić information content (AvgIpc) is 3.06. The standard InChI is InChI=1S/C19H10N4S3/c20-5-11(6-21)15-13-9-1-2-10(4-3-9)14(13)16(12(7-22)8-23)18-17(15)25-19(24)26-18/h1-2,9-10,13-14H,3-4H2. The highest BCUT2D eigenvalue weighted by Gasteiger charge is 2.50. The van der Waals surface area contributed by atoms with E-state index in [1.807, 2.05) is 0 Å². The zero-order chi connectivity index (χ0) is 18.4. The van der Waals surface area contributed by atoms with Crippen molar-refractivity contribution in [2.45, 2.75) is 12.8 Å². The summed E-state index contributed by atoms with van der Waals surface area (Å²) in [5.41, 5.74) is 1.79. The lowest BCUT2D eigenvalue weighted by Gasteiger charge is -2.49. The summed E-state index contributed by atoms with van der Waals surface area (Å²) in [4.78, 5) is 1.61. The molecule has 0 aliphatic heterocycles. The molecule has 1 saturated carbocycles. The van der Waals surface area contributed by atoms with Gasteiger partial charge in [0.1, 0.15) is 38.6 Å². The van der Waals surface area contributed by atoms with Crippen LogP contribution in [-0.2, 0) is 0 Å². The average molecular weight is 391 g/mol. The van der Waals surface area contributed by atoms with E-state index in [0.717, 1.165) is 33.7 Å². The Balaban J connectivity index is 2.16. The lowest BCUT2D eigenvalue weighted by molar-refractivity contribution is 0.210. The van der Waals surface area contributed by atoms with Gasteiger partial charge in [-0.1, -0.05) is 24.4 Å². The molecule has 7 heteroatoms. The van der Waals surface area contributed by atoms with Gasteiger partial charge in [-0.15, -0.1) is 22.7 Å². The van der Waals surface area contributed by atoms with Gasteiger partial charge in [-0.3, -0.25) is 0 Å². The van der Waals surface area contributed by atoms with Crippen molar-refractivity contribution >= 4 is 46.0 Å². The fourth-order valence-electron chi connectivity index (χ4n) is 4.57. The van der Waals surface area contributed by atoms with Crippen molar-refractivity contribution in [2.75, 3.05) is 0 Å². The second-order valence-electron chi connectivity index (χ2n) is 6.48. The molecule has 4 aliphatic carbocycles. The smallest absolute Gasteiger partial charge is 0.144 e. The maximum atomic E-state index is 9.56. The van der Waals surface area contributed by atoms with E-state index >= 15 is 0 Å². The molecule has 1 aromatic rings. The number of rotatable bonds is 0. The van der Waals surface area contributed by atoms with E-state index in [1.165, 1.54) is 22.7 Å². The van der Waals surface area contributed by atoms with Gasteiger partial charge in [0.05, 0.1) is 9.75 Å². The van der Waals surface area contributed by atoms with Gasteiger partial charge in [-0.05, 0) is 24.7 Å². The maximum absolute atomic E-state index is 9.56.